The molecule has 0 spiro atoms. The number of carboxylic acid groups (broad SMARTS) is 1. The van der Waals surface area contributed by atoms with E-state index in [9.17, 15) is 38.4 Å². The van der Waals surface area contributed by atoms with Crippen LogP contribution in [0, 0.1) is 21.7 Å². The van der Waals surface area contributed by atoms with Gasteiger partial charge in [0.1, 0.15) is 17.9 Å². The number of nitro benzene ring substituents is 1. The Morgan fingerprint density at radius 2 is 1.71 bits per heavy atom. The van der Waals surface area contributed by atoms with E-state index in [-0.39, 0.29) is 24.0 Å². The Morgan fingerprint density at radius 1 is 1.03 bits per heavy atom. The summed E-state index contributed by atoms with van der Waals surface area (Å²) in [4.78, 5) is 45.7. The molecule has 2 atom stereocenters. The molecule has 3 N–H and O–H groups in total. The lowest BCUT2D eigenvalue weighted by Gasteiger charge is -2.21. The van der Waals surface area contributed by atoms with Crippen molar-refractivity contribution >= 4 is 23.5 Å². The van der Waals surface area contributed by atoms with E-state index in [1.807, 2.05) is 0 Å². The van der Waals surface area contributed by atoms with Gasteiger partial charge in [0.2, 0.25) is 17.6 Å². The lowest BCUT2D eigenvalue weighted by Crippen LogP contribution is -2.52. The largest absolute Gasteiger partial charge is 0.480 e. The summed E-state index contributed by atoms with van der Waals surface area (Å²) in [7, 11) is 0. The summed E-state index contributed by atoms with van der Waals surface area (Å²) in [6, 6.07) is 5.66. The van der Waals surface area contributed by atoms with Gasteiger partial charge < -0.3 is 15.7 Å². The number of benzene rings is 2. The van der Waals surface area contributed by atoms with Crippen molar-refractivity contribution in [2.45, 2.75) is 31.8 Å². The number of carbonyl (C=O) groups is 3. The van der Waals surface area contributed by atoms with E-state index in [1.165, 1.54) is 18.2 Å². The van der Waals surface area contributed by atoms with Gasteiger partial charge in [-0.05, 0) is 23.3 Å². The Bertz CT molecular complexity index is 1010. The molecule has 0 saturated carbocycles. The maximum atomic E-state index is 13.9. The van der Waals surface area contributed by atoms with E-state index in [4.69, 9.17) is 0 Å². The van der Waals surface area contributed by atoms with Crippen LogP contribution in [0.25, 0.3) is 0 Å². The molecule has 2 amide bonds. The number of carboxylic acids is 1. The number of hydrogen-bond acceptors (Lipinski definition) is 5. The summed E-state index contributed by atoms with van der Waals surface area (Å²) < 4.78 is 27.4. The van der Waals surface area contributed by atoms with Gasteiger partial charge >= 0.3 is 11.7 Å². The second-order valence-corrected chi connectivity index (χ2v) is 6.70. The van der Waals surface area contributed by atoms with Crippen molar-refractivity contribution in [1.29, 1.82) is 0 Å². The Hall–Kier alpha value is -3.89. The van der Waals surface area contributed by atoms with Crippen molar-refractivity contribution in [1.82, 2.24) is 10.6 Å². The first-order valence-corrected chi connectivity index (χ1v) is 9.05. The van der Waals surface area contributed by atoms with E-state index >= 15 is 0 Å². The molecule has 31 heavy (non-hydrogen) atoms. The first-order chi connectivity index (χ1) is 14.6. The smallest absolute Gasteiger partial charge is 0.326 e. The lowest BCUT2D eigenvalue weighted by molar-refractivity contribution is -0.387. The fraction of sp³-hybridized carbons (Fsp3) is 0.250. The van der Waals surface area contributed by atoms with Crippen molar-refractivity contribution in [3.05, 3.63) is 75.3 Å². The van der Waals surface area contributed by atoms with Gasteiger partial charge in [-0.25, -0.2) is 9.18 Å². The van der Waals surface area contributed by atoms with Gasteiger partial charge in [-0.2, -0.15) is 4.39 Å². The molecule has 0 aliphatic rings. The number of hydrogen-bond donors (Lipinski definition) is 3. The van der Waals surface area contributed by atoms with E-state index < -0.39 is 52.1 Å². The summed E-state index contributed by atoms with van der Waals surface area (Å²) in [5.41, 5.74) is -0.591. The predicted octanol–water partition coefficient (Wildman–Crippen LogP) is 1.73. The molecule has 164 valence electrons. The van der Waals surface area contributed by atoms with Crippen LogP contribution < -0.4 is 10.6 Å². The predicted molar refractivity (Wildman–Crippen MR) is 104 cm³/mol. The van der Waals surface area contributed by atoms with Crippen LogP contribution in [-0.4, -0.2) is 39.9 Å². The number of nitrogens with zero attached hydrogens (tertiary/aromatic N) is 1. The highest BCUT2D eigenvalue weighted by Gasteiger charge is 2.28. The maximum Gasteiger partial charge on any atom is 0.326 e. The number of nitro groups is 1. The molecule has 0 radical (unpaired) electrons. The minimum absolute atomic E-state index is 0.103. The molecular formula is C20H19F2N3O6. The summed E-state index contributed by atoms with van der Waals surface area (Å²) in [5, 5.41) is 24.9. The molecule has 0 bridgehead atoms. The highest BCUT2D eigenvalue weighted by atomic mass is 19.1. The van der Waals surface area contributed by atoms with E-state index in [0.717, 1.165) is 25.1 Å². The first-order valence-electron chi connectivity index (χ1n) is 9.05. The SMILES string of the molecule is CC(=O)N[C@H](Cc1ccccc1F)C(=O)N[C@H](Cc1ccc(F)c([N+](=O)[O-])c1)C(=O)O. The van der Waals surface area contributed by atoms with Crippen LogP contribution in [-0.2, 0) is 27.2 Å². The van der Waals surface area contributed by atoms with Gasteiger partial charge in [-0.15, -0.1) is 0 Å². The summed E-state index contributed by atoms with van der Waals surface area (Å²) >= 11 is 0. The van der Waals surface area contributed by atoms with Gasteiger partial charge in [0.15, 0.2) is 0 Å². The van der Waals surface area contributed by atoms with E-state index in [0.29, 0.717) is 0 Å². The molecule has 0 heterocycles. The fourth-order valence-corrected chi connectivity index (χ4v) is 2.87. The molecule has 9 nitrogen and oxygen atoms in total. The minimum atomic E-state index is -1.53. The second kappa shape index (κ2) is 10.2. The Morgan fingerprint density at radius 3 is 2.29 bits per heavy atom. The zero-order valence-electron chi connectivity index (χ0n) is 16.3. The third-order valence-corrected chi connectivity index (χ3v) is 4.34. The van der Waals surface area contributed by atoms with Crippen LogP contribution in [0.15, 0.2) is 42.5 Å². The zero-order valence-corrected chi connectivity index (χ0v) is 16.3. The molecule has 2 aromatic rings. The first kappa shape index (κ1) is 23.4. The number of carbonyl (C=O) groups excluding carboxylic acids is 2. The molecule has 0 aromatic heterocycles. The monoisotopic (exact) mass is 435 g/mol. The third-order valence-electron chi connectivity index (χ3n) is 4.34. The number of rotatable bonds is 9. The Kier molecular flexibility index (Phi) is 7.72. The quantitative estimate of drug-likeness (QED) is 0.405. The van der Waals surface area contributed by atoms with E-state index in [2.05, 4.69) is 10.6 Å². The lowest BCUT2D eigenvalue weighted by atomic mass is 10.0. The molecule has 2 rings (SSSR count). The molecule has 0 aliphatic carbocycles. The van der Waals surface area contributed by atoms with Gasteiger partial charge in [-0.1, -0.05) is 24.3 Å². The Labute approximate surface area is 175 Å². The molecule has 0 saturated heterocycles. The molecule has 0 aliphatic heterocycles. The van der Waals surface area contributed by atoms with Crippen LogP contribution in [0.1, 0.15) is 18.1 Å². The molecule has 11 heteroatoms. The highest BCUT2D eigenvalue weighted by molar-refractivity contribution is 5.90. The van der Waals surface area contributed by atoms with Crippen LogP contribution >= 0.6 is 0 Å². The van der Waals surface area contributed by atoms with Crippen LogP contribution in [0.4, 0.5) is 14.5 Å². The normalized spacial score (nSPS) is 12.5. The summed E-state index contributed by atoms with van der Waals surface area (Å²) in [5.74, 6) is -4.60. The summed E-state index contributed by atoms with van der Waals surface area (Å²) in [6.07, 6.45) is -0.610. The van der Waals surface area contributed by atoms with Crippen LogP contribution in [0.5, 0.6) is 0 Å². The summed E-state index contributed by atoms with van der Waals surface area (Å²) in [6.45, 7) is 1.15. The van der Waals surface area contributed by atoms with Crippen molar-refractivity contribution in [2.75, 3.05) is 0 Å². The van der Waals surface area contributed by atoms with Gasteiger partial charge in [0, 0.05) is 25.8 Å². The van der Waals surface area contributed by atoms with Gasteiger partial charge in [0.05, 0.1) is 4.92 Å². The topological polar surface area (TPSA) is 139 Å². The fourth-order valence-electron chi connectivity index (χ4n) is 2.87. The molecule has 0 unspecified atom stereocenters. The highest BCUT2D eigenvalue weighted by Crippen LogP contribution is 2.19. The maximum absolute atomic E-state index is 13.9. The Balaban J connectivity index is 2.21. The molecular weight excluding hydrogens is 416 g/mol. The van der Waals surface area contributed by atoms with Gasteiger partial charge in [-0.3, -0.25) is 19.7 Å². The number of nitrogens with one attached hydrogen (secondary N) is 2. The second-order valence-electron chi connectivity index (χ2n) is 6.70. The molecule has 2 aromatic carbocycles. The van der Waals surface area contributed by atoms with Crippen LogP contribution in [0.2, 0.25) is 0 Å². The average molecular weight is 435 g/mol. The minimum Gasteiger partial charge on any atom is -0.480 e. The van der Waals surface area contributed by atoms with Crippen LogP contribution in [0.3, 0.4) is 0 Å². The van der Waals surface area contributed by atoms with Gasteiger partial charge in [0.25, 0.3) is 0 Å². The average Bonchev–Trinajstić information content (AvgIpc) is 2.69. The van der Waals surface area contributed by atoms with E-state index in [1.54, 1.807) is 6.07 Å². The standard InChI is InChI=1S/C20H19F2N3O6/c1-11(26)23-16(10-13-4-2-3-5-14(13)21)19(27)24-17(20(28)29)8-12-6-7-15(22)18(9-12)25(30)31/h2-7,9,16-17H,8,10H2,1H3,(H,23,26)(H,24,27)(H,28,29)/t16-,17-/m1/s1. The molecule has 0 fully saturated rings. The number of halogens is 2. The number of aliphatic carboxylic acids is 1. The van der Waals surface area contributed by atoms with Crippen molar-refractivity contribution in [3.63, 3.8) is 0 Å². The van der Waals surface area contributed by atoms with Crippen molar-refractivity contribution in [2.24, 2.45) is 0 Å². The van der Waals surface area contributed by atoms with Crippen molar-refractivity contribution < 1.29 is 33.2 Å². The zero-order chi connectivity index (χ0) is 23.1. The third kappa shape index (κ3) is 6.56. The number of amides is 2. The van der Waals surface area contributed by atoms with Crippen molar-refractivity contribution in [3.8, 4) is 0 Å².